The zero-order chi connectivity index (χ0) is 11.6. The average Bonchev–Trinajstić information content (AvgIpc) is 2.10. The van der Waals surface area contributed by atoms with E-state index >= 15 is 0 Å². The molecule has 0 bridgehead atoms. The van der Waals surface area contributed by atoms with Crippen LogP contribution >= 0.6 is 36.4 Å². The molecule has 1 unspecified atom stereocenters. The van der Waals surface area contributed by atoms with Crippen LogP contribution in [0.1, 0.15) is 5.56 Å². The predicted molar refractivity (Wildman–Crippen MR) is 68.1 cm³/mol. The Hall–Kier alpha value is -1.02. The van der Waals surface area contributed by atoms with E-state index in [2.05, 4.69) is 9.97 Å². The van der Waals surface area contributed by atoms with E-state index in [0.717, 1.165) is 0 Å². The van der Waals surface area contributed by atoms with Crippen molar-refractivity contribution >= 4 is 48.3 Å². The highest BCUT2D eigenvalue weighted by atomic mass is 35.5. The maximum Gasteiger partial charge on any atom is 0.320 e. The van der Waals surface area contributed by atoms with Gasteiger partial charge < -0.3 is 16.6 Å². The summed E-state index contributed by atoms with van der Waals surface area (Å²) in [5, 5.41) is 8.42. The lowest BCUT2D eigenvalue weighted by Crippen LogP contribution is -2.34. The predicted octanol–water partition coefficient (Wildman–Crippen LogP) is -0.197. The second-order valence-corrected chi connectivity index (χ2v) is 3.23. The highest BCUT2D eigenvalue weighted by Gasteiger charge is 2.17. The number of nitrogen functional groups attached to an aromatic ring is 1. The maximum absolute atomic E-state index is 11.3. The van der Waals surface area contributed by atoms with Crippen molar-refractivity contribution in [1.29, 1.82) is 0 Å². The smallest absolute Gasteiger partial charge is 0.320 e. The van der Waals surface area contributed by atoms with Crippen LogP contribution in [0, 0.1) is 0 Å². The summed E-state index contributed by atoms with van der Waals surface area (Å²) >= 11 is 5.62. The quantitative estimate of drug-likeness (QED) is 0.571. The Morgan fingerprint density at radius 3 is 2.47 bits per heavy atom. The van der Waals surface area contributed by atoms with Gasteiger partial charge in [0.15, 0.2) is 0 Å². The molecular formula is C7H11Cl3N4O3. The van der Waals surface area contributed by atoms with Crippen LogP contribution in [-0.2, 0) is 11.2 Å². The molecule has 0 amide bonds. The van der Waals surface area contributed by atoms with Crippen molar-refractivity contribution in [3.05, 3.63) is 21.1 Å². The molecule has 1 rings (SSSR count). The lowest BCUT2D eigenvalue weighted by Gasteiger charge is -2.06. The van der Waals surface area contributed by atoms with Crippen molar-refractivity contribution in [2.75, 3.05) is 5.73 Å². The number of carboxylic acid groups (broad SMARTS) is 1. The summed E-state index contributed by atoms with van der Waals surface area (Å²) in [5.41, 5.74) is 9.91. The normalized spacial score (nSPS) is 10.9. The molecule has 17 heavy (non-hydrogen) atoms. The Labute approximate surface area is 113 Å². The Morgan fingerprint density at radius 1 is 1.53 bits per heavy atom. The molecule has 6 N–H and O–H groups in total. The number of nitrogens with two attached hydrogens (primary N) is 2. The number of carboxylic acids is 1. The molecular weight excluding hydrogens is 294 g/mol. The fourth-order valence-electron chi connectivity index (χ4n) is 0.971. The minimum Gasteiger partial charge on any atom is -0.480 e. The number of aromatic nitrogens is 2. The van der Waals surface area contributed by atoms with Crippen LogP contribution < -0.4 is 17.0 Å². The highest BCUT2D eigenvalue weighted by Crippen LogP contribution is 2.10. The van der Waals surface area contributed by atoms with Crippen LogP contribution in [0.25, 0.3) is 0 Å². The maximum atomic E-state index is 11.3. The molecule has 0 saturated heterocycles. The van der Waals surface area contributed by atoms with Gasteiger partial charge in [-0.3, -0.25) is 14.6 Å². The number of rotatable bonds is 3. The summed E-state index contributed by atoms with van der Waals surface area (Å²) in [6.45, 7) is 0. The first-order valence-corrected chi connectivity index (χ1v) is 4.32. The number of nitrogens with one attached hydrogen (secondary N) is 1. The van der Waals surface area contributed by atoms with Crippen molar-refractivity contribution < 1.29 is 9.90 Å². The van der Waals surface area contributed by atoms with E-state index in [1.54, 1.807) is 0 Å². The van der Waals surface area contributed by atoms with Crippen molar-refractivity contribution in [2.24, 2.45) is 5.73 Å². The number of hydrogen-bond donors (Lipinski definition) is 4. The van der Waals surface area contributed by atoms with Crippen LogP contribution in [0.5, 0.6) is 0 Å². The van der Waals surface area contributed by atoms with E-state index in [4.69, 9.17) is 28.2 Å². The summed E-state index contributed by atoms with van der Waals surface area (Å²) in [4.78, 5) is 27.6. The Bertz CT molecular complexity index is 450. The molecule has 98 valence electrons. The molecule has 1 aromatic heterocycles. The fraction of sp³-hybridized carbons (Fsp3) is 0.286. The lowest BCUT2D eigenvalue weighted by atomic mass is 10.1. The van der Waals surface area contributed by atoms with E-state index in [-0.39, 0.29) is 47.9 Å². The molecule has 7 nitrogen and oxygen atoms in total. The highest BCUT2D eigenvalue weighted by molar-refractivity contribution is 6.30. The fourth-order valence-corrected chi connectivity index (χ4v) is 1.22. The molecule has 0 aliphatic carbocycles. The van der Waals surface area contributed by atoms with Gasteiger partial charge in [-0.15, -0.1) is 24.8 Å². The van der Waals surface area contributed by atoms with E-state index in [0.29, 0.717) is 0 Å². The molecule has 1 aromatic rings. The van der Waals surface area contributed by atoms with Crippen molar-refractivity contribution in [2.45, 2.75) is 12.5 Å². The lowest BCUT2D eigenvalue weighted by molar-refractivity contribution is -0.138. The average molecular weight is 306 g/mol. The van der Waals surface area contributed by atoms with Crippen molar-refractivity contribution in [3.63, 3.8) is 0 Å². The summed E-state index contributed by atoms with van der Waals surface area (Å²) in [7, 11) is 0. The van der Waals surface area contributed by atoms with Gasteiger partial charge in [0.25, 0.3) is 5.56 Å². The molecule has 0 aliphatic rings. The number of carbonyl (C=O) groups is 1. The van der Waals surface area contributed by atoms with E-state index in [1.165, 1.54) is 0 Å². The number of aromatic amines is 1. The number of halogens is 3. The molecule has 1 atom stereocenters. The monoisotopic (exact) mass is 304 g/mol. The van der Waals surface area contributed by atoms with E-state index < -0.39 is 17.6 Å². The summed E-state index contributed by atoms with van der Waals surface area (Å²) in [6, 6.07) is -1.20. The van der Waals surface area contributed by atoms with Gasteiger partial charge in [-0.2, -0.15) is 0 Å². The number of nitrogens with zero attached hydrogens (tertiary/aromatic N) is 1. The number of H-pyrrole nitrogens is 1. The first kappa shape index (κ1) is 18.3. The molecule has 10 heteroatoms. The van der Waals surface area contributed by atoms with Gasteiger partial charge in [0.1, 0.15) is 11.2 Å². The van der Waals surface area contributed by atoms with Gasteiger partial charge >= 0.3 is 5.97 Å². The zero-order valence-electron chi connectivity index (χ0n) is 8.34. The van der Waals surface area contributed by atoms with Crippen LogP contribution in [-0.4, -0.2) is 27.1 Å². The standard InChI is InChI=1S/C7H9ClN4O3.2ClH/c8-4-2(1-3(9)6(14)15)5(13)12-7(10)11-4;;/h3H,1,9H2,(H,14,15)(H3,10,11,12,13);2*1H. The van der Waals surface area contributed by atoms with Gasteiger partial charge in [0.2, 0.25) is 5.95 Å². The second kappa shape index (κ2) is 7.33. The molecule has 1 heterocycles. The summed E-state index contributed by atoms with van der Waals surface area (Å²) in [5.74, 6) is -1.35. The molecule has 0 saturated carbocycles. The van der Waals surface area contributed by atoms with Crippen molar-refractivity contribution in [1.82, 2.24) is 9.97 Å². The first-order valence-electron chi connectivity index (χ1n) is 3.94. The molecule has 0 aromatic carbocycles. The minimum atomic E-state index is -1.22. The number of aliphatic carboxylic acids is 1. The topological polar surface area (TPSA) is 135 Å². The molecule has 0 radical (unpaired) electrons. The third-order valence-electron chi connectivity index (χ3n) is 1.72. The third-order valence-corrected chi connectivity index (χ3v) is 2.04. The van der Waals surface area contributed by atoms with Gasteiger partial charge in [-0.25, -0.2) is 4.98 Å². The van der Waals surface area contributed by atoms with E-state index in [9.17, 15) is 9.59 Å². The Kier molecular flexibility index (Phi) is 7.92. The van der Waals surface area contributed by atoms with Crippen LogP contribution in [0.15, 0.2) is 4.79 Å². The SMILES string of the molecule is Cl.Cl.Nc1nc(Cl)c(CC(N)C(=O)O)c(=O)[nH]1. The van der Waals surface area contributed by atoms with Gasteiger partial charge in [0, 0.05) is 6.42 Å². The Morgan fingerprint density at radius 2 is 2.06 bits per heavy atom. The van der Waals surface area contributed by atoms with Crippen molar-refractivity contribution in [3.8, 4) is 0 Å². The molecule has 0 aliphatic heterocycles. The minimum absolute atomic E-state index is 0. The van der Waals surface area contributed by atoms with Gasteiger partial charge in [-0.1, -0.05) is 11.6 Å². The van der Waals surface area contributed by atoms with Crippen LogP contribution in [0.3, 0.4) is 0 Å². The Balaban J connectivity index is 0. The third kappa shape index (κ3) is 4.78. The summed E-state index contributed by atoms with van der Waals surface area (Å²) < 4.78 is 0. The number of hydrogen-bond acceptors (Lipinski definition) is 5. The second-order valence-electron chi connectivity index (χ2n) is 2.87. The van der Waals surface area contributed by atoms with Gasteiger partial charge in [0.05, 0.1) is 5.56 Å². The van der Waals surface area contributed by atoms with Gasteiger partial charge in [-0.05, 0) is 0 Å². The van der Waals surface area contributed by atoms with E-state index in [1.807, 2.05) is 0 Å². The summed E-state index contributed by atoms with van der Waals surface area (Å²) in [6.07, 6.45) is -0.198. The largest absolute Gasteiger partial charge is 0.480 e. The molecule has 0 fully saturated rings. The molecule has 0 spiro atoms. The zero-order valence-corrected chi connectivity index (χ0v) is 10.7. The van der Waals surface area contributed by atoms with Crippen LogP contribution in [0.2, 0.25) is 5.15 Å². The first-order chi connectivity index (χ1) is 6.91. The van der Waals surface area contributed by atoms with Crippen LogP contribution in [0.4, 0.5) is 5.95 Å². The number of anilines is 1.